The van der Waals surface area contributed by atoms with Crippen LogP contribution >= 0.6 is 0 Å². The zero-order chi connectivity index (χ0) is 14.1. The van der Waals surface area contributed by atoms with Crippen molar-refractivity contribution in [2.24, 2.45) is 0 Å². The highest BCUT2D eigenvalue weighted by Gasteiger charge is 2.21. The van der Waals surface area contributed by atoms with Gasteiger partial charge in [-0.25, -0.2) is 4.98 Å². The third-order valence-electron chi connectivity index (χ3n) is 3.71. The van der Waals surface area contributed by atoms with Gasteiger partial charge in [0.1, 0.15) is 17.2 Å². The molecule has 1 atom stereocenters. The van der Waals surface area contributed by atoms with E-state index in [-0.39, 0.29) is 0 Å². The van der Waals surface area contributed by atoms with Crippen molar-refractivity contribution in [1.29, 1.82) is 0 Å². The Morgan fingerprint density at radius 2 is 2.14 bits per heavy atom. The van der Waals surface area contributed by atoms with Crippen LogP contribution in [0.1, 0.15) is 6.42 Å². The van der Waals surface area contributed by atoms with E-state index in [0.717, 1.165) is 42.5 Å². The van der Waals surface area contributed by atoms with Gasteiger partial charge in [-0.15, -0.1) is 0 Å². The first-order valence-corrected chi connectivity index (χ1v) is 7.14. The normalized spacial score (nSPS) is 18.2. The lowest BCUT2D eigenvalue weighted by Crippen LogP contribution is -2.20. The fourth-order valence-corrected chi connectivity index (χ4v) is 2.66. The predicted octanol–water partition coefficient (Wildman–Crippen LogP) is 2.60. The summed E-state index contributed by atoms with van der Waals surface area (Å²) in [6.45, 7) is 1.55. The van der Waals surface area contributed by atoms with Gasteiger partial charge in [0.05, 0.1) is 18.3 Å². The molecule has 1 N–H and O–H groups in total. The number of hydrogen-bond donors (Lipinski definition) is 1. The summed E-state index contributed by atoms with van der Waals surface area (Å²) in [6.07, 6.45) is 4.83. The van der Waals surface area contributed by atoms with Gasteiger partial charge in [-0.1, -0.05) is 12.1 Å². The average molecular weight is 280 g/mol. The van der Waals surface area contributed by atoms with Crippen LogP contribution in [-0.4, -0.2) is 33.6 Å². The molecule has 1 aliphatic rings. The number of nitrogens with one attached hydrogen (secondary N) is 1. The Balaban J connectivity index is 1.84. The monoisotopic (exact) mass is 280 g/mol. The van der Waals surface area contributed by atoms with Crippen molar-refractivity contribution < 1.29 is 4.74 Å². The number of imidazole rings is 1. The molecule has 0 amide bonds. The molecule has 1 fully saturated rings. The minimum Gasteiger partial charge on any atom is -0.379 e. The molecule has 0 saturated carbocycles. The van der Waals surface area contributed by atoms with Gasteiger partial charge in [-0.05, 0) is 30.7 Å². The van der Waals surface area contributed by atoms with Gasteiger partial charge in [-0.3, -0.25) is 9.38 Å². The second-order valence-corrected chi connectivity index (χ2v) is 5.16. The molecule has 4 rings (SSSR count). The van der Waals surface area contributed by atoms with Gasteiger partial charge in [0, 0.05) is 19.0 Å². The molecule has 5 nitrogen and oxygen atoms in total. The summed E-state index contributed by atoms with van der Waals surface area (Å²) in [4.78, 5) is 9.15. The molecule has 0 aromatic carbocycles. The molecule has 1 aliphatic heterocycles. The van der Waals surface area contributed by atoms with Crippen LogP contribution in [0.15, 0.2) is 48.8 Å². The summed E-state index contributed by atoms with van der Waals surface area (Å²) in [7, 11) is 0. The lowest BCUT2D eigenvalue weighted by molar-refractivity contribution is 0.195. The largest absolute Gasteiger partial charge is 0.379 e. The Morgan fingerprint density at radius 3 is 2.95 bits per heavy atom. The number of anilines is 1. The van der Waals surface area contributed by atoms with E-state index in [4.69, 9.17) is 9.72 Å². The number of fused-ring (bicyclic) bond motifs is 1. The molecule has 5 heteroatoms. The van der Waals surface area contributed by atoms with Gasteiger partial charge in [0.15, 0.2) is 0 Å². The Labute approximate surface area is 122 Å². The van der Waals surface area contributed by atoms with E-state index in [1.165, 1.54) is 0 Å². The molecule has 0 aliphatic carbocycles. The van der Waals surface area contributed by atoms with Crippen molar-refractivity contribution in [2.75, 3.05) is 18.5 Å². The molecular formula is C16H16N4O. The smallest absolute Gasteiger partial charge is 0.140 e. The van der Waals surface area contributed by atoms with E-state index >= 15 is 0 Å². The molecule has 21 heavy (non-hydrogen) atoms. The Kier molecular flexibility index (Phi) is 3.05. The van der Waals surface area contributed by atoms with E-state index in [1.54, 1.807) is 6.20 Å². The van der Waals surface area contributed by atoms with E-state index in [9.17, 15) is 0 Å². The predicted molar refractivity (Wildman–Crippen MR) is 81.3 cm³/mol. The van der Waals surface area contributed by atoms with E-state index in [2.05, 4.69) is 14.7 Å². The minimum atomic E-state index is 0.326. The van der Waals surface area contributed by atoms with Crippen LogP contribution in [-0.2, 0) is 4.74 Å². The molecule has 3 aromatic heterocycles. The maximum Gasteiger partial charge on any atom is 0.140 e. The molecule has 1 saturated heterocycles. The van der Waals surface area contributed by atoms with Crippen molar-refractivity contribution in [3.63, 3.8) is 0 Å². The summed E-state index contributed by atoms with van der Waals surface area (Å²) in [5, 5.41) is 3.57. The lowest BCUT2D eigenvalue weighted by Gasteiger charge is -2.13. The van der Waals surface area contributed by atoms with Crippen LogP contribution < -0.4 is 5.32 Å². The van der Waals surface area contributed by atoms with Crippen molar-refractivity contribution in [3.05, 3.63) is 48.8 Å². The van der Waals surface area contributed by atoms with Crippen LogP contribution in [0.25, 0.3) is 17.0 Å². The Morgan fingerprint density at radius 1 is 1.19 bits per heavy atom. The molecule has 0 spiro atoms. The lowest BCUT2D eigenvalue weighted by atomic mass is 10.2. The third-order valence-corrected chi connectivity index (χ3v) is 3.71. The van der Waals surface area contributed by atoms with Gasteiger partial charge < -0.3 is 10.1 Å². The summed E-state index contributed by atoms with van der Waals surface area (Å²) >= 11 is 0. The number of rotatable bonds is 3. The summed E-state index contributed by atoms with van der Waals surface area (Å²) in [5.41, 5.74) is 2.68. The fourth-order valence-electron chi connectivity index (χ4n) is 2.66. The highest BCUT2D eigenvalue weighted by molar-refractivity contribution is 5.74. The van der Waals surface area contributed by atoms with Crippen LogP contribution in [0.3, 0.4) is 0 Å². The molecule has 3 aromatic rings. The van der Waals surface area contributed by atoms with Crippen molar-refractivity contribution in [1.82, 2.24) is 14.4 Å². The highest BCUT2D eigenvalue weighted by Crippen LogP contribution is 2.28. The van der Waals surface area contributed by atoms with Crippen LogP contribution in [0, 0.1) is 0 Å². The first kappa shape index (κ1) is 12.3. The second kappa shape index (κ2) is 5.18. The number of hydrogen-bond acceptors (Lipinski definition) is 4. The van der Waals surface area contributed by atoms with Crippen molar-refractivity contribution in [2.45, 2.75) is 12.5 Å². The second-order valence-electron chi connectivity index (χ2n) is 5.16. The van der Waals surface area contributed by atoms with E-state index in [1.807, 2.05) is 42.6 Å². The molecule has 0 radical (unpaired) electrons. The van der Waals surface area contributed by atoms with Crippen LogP contribution in [0.4, 0.5) is 5.82 Å². The Hall–Kier alpha value is -2.40. The molecule has 4 heterocycles. The third kappa shape index (κ3) is 2.25. The minimum absolute atomic E-state index is 0.326. The first-order valence-electron chi connectivity index (χ1n) is 7.14. The maximum absolute atomic E-state index is 5.46. The maximum atomic E-state index is 5.46. The number of ether oxygens (including phenoxy) is 1. The Bertz CT molecular complexity index is 747. The zero-order valence-electron chi connectivity index (χ0n) is 11.6. The summed E-state index contributed by atoms with van der Waals surface area (Å²) in [5.74, 6) is 0.986. The van der Waals surface area contributed by atoms with Crippen molar-refractivity contribution in [3.8, 4) is 11.4 Å². The SMILES string of the molecule is c1ccc(-c2nc3ccccn3c2NC2CCOC2)nc1. The highest BCUT2D eigenvalue weighted by atomic mass is 16.5. The van der Waals surface area contributed by atoms with Crippen LogP contribution in [0.5, 0.6) is 0 Å². The number of pyridine rings is 2. The summed E-state index contributed by atoms with van der Waals surface area (Å²) in [6, 6.07) is 12.2. The van der Waals surface area contributed by atoms with Gasteiger partial charge in [-0.2, -0.15) is 0 Å². The molecular weight excluding hydrogens is 264 g/mol. The van der Waals surface area contributed by atoms with Crippen molar-refractivity contribution >= 4 is 11.5 Å². The van der Waals surface area contributed by atoms with E-state index in [0.29, 0.717) is 6.04 Å². The topological polar surface area (TPSA) is 51.5 Å². The quantitative estimate of drug-likeness (QED) is 0.801. The molecule has 1 unspecified atom stereocenters. The first-order chi connectivity index (χ1) is 10.4. The molecule has 0 bridgehead atoms. The van der Waals surface area contributed by atoms with Gasteiger partial charge in [0.25, 0.3) is 0 Å². The van der Waals surface area contributed by atoms with Crippen LogP contribution in [0.2, 0.25) is 0 Å². The molecule has 106 valence electrons. The summed E-state index contributed by atoms with van der Waals surface area (Å²) < 4.78 is 7.53. The van der Waals surface area contributed by atoms with Gasteiger partial charge >= 0.3 is 0 Å². The zero-order valence-corrected chi connectivity index (χ0v) is 11.6. The number of aromatic nitrogens is 3. The fraction of sp³-hybridized carbons (Fsp3) is 0.250. The van der Waals surface area contributed by atoms with Gasteiger partial charge in [0.2, 0.25) is 0 Å². The van der Waals surface area contributed by atoms with E-state index < -0.39 is 0 Å². The number of nitrogens with zero attached hydrogens (tertiary/aromatic N) is 3. The average Bonchev–Trinajstić information content (AvgIpc) is 3.17. The standard InChI is InChI=1S/C16H16N4O/c1-3-8-17-13(5-1)15-16(18-12-7-10-21-11-12)20-9-4-2-6-14(20)19-15/h1-6,8-9,12,18H,7,10-11H2.